The van der Waals surface area contributed by atoms with E-state index in [9.17, 15) is 0 Å². The molecule has 1 aromatic heterocycles. The van der Waals surface area contributed by atoms with Crippen LogP contribution in [0.25, 0.3) is 60.1 Å². The maximum absolute atomic E-state index is 4.22. The number of hydrogen-bond acceptors (Lipinski definition) is 1. The quantitative estimate of drug-likeness (QED) is 0.168. The molecule has 0 saturated heterocycles. The highest BCUT2D eigenvalue weighted by molar-refractivity contribution is 6.22. The lowest BCUT2D eigenvalue weighted by Crippen LogP contribution is -1.94. The molecule has 0 spiro atoms. The fourth-order valence-corrected chi connectivity index (χ4v) is 5.62. The third kappa shape index (κ3) is 4.03. The minimum atomic E-state index is 0.984. The van der Waals surface area contributed by atoms with Crippen molar-refractivity contribution in [2.45, 2.75) is 13.3 Å². The van der Waals surface area contributed by atoms with Crippen molar-refractivity contribution in [3.63, 3.8) is 0 Å². The summed E-state index contributed by atoms with van der Waals surface area (Å²) >= 11 is 0. The number of rotatable bonds is 6. The molecule has 38 heavy (non-hydrogen) atoms. The maximum atomic E-state index is 4.22. The summed E-state index contributed by atoms with van der Waals surface area (Å²) in [4.78, 5) is 4.22. The van der Waals surface area contributed by atoms with Crippen LogP contribution in [-0.4, -0.2) is 4.98 Å². The van der Waals surface area contributed by atoms with Crippen molar-refractivity contribution in [1.82, 2.24) is 4.98 Å². The molecule has 0 aliphatic rings. The lowest BCUT2D eigenvalue weighted by Gasteiger charge is -2.20. The molecule has 1 nitrogen and oxygen atoms in total. The molecule has 0 aliphatic heterocycles. The van der Waals surface area contributed by atoms with Crippen LogP contribution in [0.4, 0.5) is 0 Å². The van der Waals surface area contributed by atoms with Crippen LogP contribution in [0.15, 0.2) is 140 Å². The van der Waals surface area contributed by atoms with Gasteiger partial charge in [-0.2, -0.15) is 0 Å². The smallest absolute Gasteiger partial charge is 0.0273 e. The van der Waals surface area contributed by atoms with Crippen LogP contribution in [0.2, 0.25) is 0 Å². The van der Waals surface area contributed by atoms with Gasteiger partial charge in [0.1, 0.15) is 0 Å². The first-order valence-corrected chi connectivity index (χ1v) is 13.2. The van der Waals surface area contributed by atoms with E-state index in [2.05, 4.69) is 134 Å². The van der Waals surface area contributed by atoms with E-state index in [0.717, 1.165) is 6.42 Å². The Kier molecular flexibility index (Phi) is 6.42. The Balaban J connectivity index is 1.74. The topological polar surface area (TPSA) is 12.9 Å². The van der Waals surface area contributed by atoms with Gasteiger partial charge in [-0.1, -0.05) is 123 Å². The molecule has 1 heteroatoms. The second-order valence-corrected chi connectivity index (χ2v) is 9.45. The summed E-state index contributed by atoms with van der Waals surface area (Å²) in [6, 6.07) is 35.1. The Morgan fingerprint density at radius 2 is 1.18 bits per heavy atom. The molecule has 0 amide bonds. The van der Waals surface area contributed by atoms with Gasteiger partial charge >= 0.3 is 0 Å². The summed E-state index contributed by atoms with van der Waals surface area (Å²) in [7, 11) is 0. The third-order valence-electron chi connectivity index (χ3n) is 7.24. The van der Waals surface area contributed by atoms with Crippen molar-refractivity contribution in [3.8, 4) is 22.3 Å². The molecule has 5 aromatic carbocycles. The van der Waals surface area contributed by atoms with Gasteiger partial charge in [0.25, 0.3) is 0 Å². The normalized spacial score (nSPS) is 12.1. The van der Waals surface area contributed by atoms with Gasteiger partial charge in [-0.3, -0.25) is 4.98 Å². The summed E-state index contributed by atoms with van der Waals surface area (Å²) in [5, 5.41) is 7.49. The fourth-order valence-electron chi connectivity index (χ4n) is 5.62. The Morgan fingerprint density at radius 3 is 1.76 bits per heavy atom. The monoisotopic (exact) mass is 487 g/mol. The standard InChI is InChI=1S/C37H29N/c1-3-5-13-27(12-4-2)36-31-16-8-10-18-33(31)37(34-19-11-9-17-32(34)36)35-21-20-28(26-22-24-38-25-23-26)29-14-6-7-15-30(29)35/h4-25H,2-3H2,1H3/b13-5-,27-12+. The highest BCUT2D eigenvalue weighted by Crippen LogP contribution is 2.45. The van der Waals surface area contributed by atoms with Crippen LogP contribution in [0.5, 0.6) is 0 Å². The second-order valence-electron chi connectivity index (χ2n) is 9.45. The van der Waals surface area contributed by atoms with Crippen LogP contribution in [-0.2, 0) is 0 Å². The molecular weight excluding hydrogens is 458 g/mol. The highest BCUT2D eigenvalue weighted by Gasteiger charge is 2.18. The largest absolute Gasteiger partial charge is 0.265 e. The van der Waals surface area contributed by atoms with Crippen LogP contribution >= 0.6 is 0 Å². The van der Waals surface area contributed by atoms with Gasteiger partial charge in [0.2, 0.25) is 0 Å². The summed E-state index contributed by atoms with van der Waals surface area (Å²) in [6.45, 7) is 6.18. The lowest BCUT2D eigenvalue weighted by molar-refractivity contribution is 1.23. The first-order chi connectivity index (χ1) is 18.8. The second kappa shape index (κ2) is 10.3. The van der Waals surface area contributed by atoms with Crippen molar-refractivity contribution in [1.29, 1.82) is 0 Å². The maximum Gasteiger partial charge on any atom is 0.0273 e. The molecule has 1 heterocycles. The van der Waals surface area contributed by atoms with Crippen molar-refractivity contribution < 1.29 is 0 Å². The molecule has 0 saturated carbocycles. The zero-order valence-electron chi connectivity index (χ0n) is 21.6. The molecule has 6 rings (SSSR count). The van der Waals surface area contributed by atoms with E-state index >= 15 is 0 Å². The Morgan fingerprint density at radius 1 is 0.658 bits per heavy atom. The van der Waals surface area contributed by atoms with Crippen molar-refractivity contribution >= 4 is 37.9 Å². The van der Waals surface area contributed by atoms with E-state index in [1.54, 1.807) is 0 Å². The van der Waals surface area contributed by atoms with Crippen molar-refractivity contribution in [2.24, 2.45) is 0 Å². The van der Waals surface area contributed by atoms with Crippen LogP contribution in [0.3, 0.4) is 0 Å². The lowest BCUT2D eigenvalue weighted by atomic mass is 9.83. The molecule has 182 valence electrons. The molecule has 0 aliphatic carbocycles. The molecule has 0 radical (unpaired) electrons. The summed E-state index contributed by atoms with van der Waals surface area (Å²) in [5.41, 5.74) is 7.35. The van der Waals surface area contributed by atoms with Crippen LogP contribution in [0, 0.1) is 0 Å². The number of allylic oxidation sites excluding steroid dienone is 5. The third-order valence-corrected chi connectivity index (χ3v) is 7.24. The predicted octanol–water partition coefficient (Wildman–Crippen LogP) is 10.4. The average molecular weight is 488 g/mol. The van der Waals surface area contributed by atoms with E-state index in [-0.39, 0.29) is 0 Å². The molecule has 0 atom stereocenters. The predicted molar refractivity (Wildman–Crippen MR) is 165 cm³/mol. The SMILES string of the molecule is C=C/C=C(\C=C/CC)c1c2ccccc2c(-c2ccc(-c3ccncc3)c3ccccc23)c2ccccc12. The van der Waals surface area contributed by atoms with Gasteiger partial charge in [-0.05, 0) is 84.3 Å². The van der Waals surface area contributed by atoms with Crippen LogP contribution in [0.1, 0.15) is 18.9 Å². The fraction of sp³-hybridized carbons (Fsp3) is 0.0541. The van der Waals surface area contributed by atoms with Gasteiger partial charge in [0.05, 0.1) is 0 Å². The molecule has 0 unspecified atom stereocenters. The van der Waals surface area contributed by atoms with Gasteiger partial charge in [0, 0.05) is 12.4 Å². The van der Waals surface area contributed by atoms with Gasteiger partial charge in [-0.25, -0.2) is 0 Å². The number of nitrogens with zero attached hydrogens (tertiary/aromatic N) is 1. The van der Waals surface area contributed by atoms with E-state index < -0.39 is 0 Å². The molecule has 6 aromatic rings. The van der Waals surface area contributed by atoms with E-state index in [0.29, 0.717) is 0 Å². The zero-order chi connectivity index (χ0) is 25.9. The van der Waals surface area contributed by atoms with E-state index in [1.165, 1.54) is 65.7 Å². The number of benzene rings is 5. The highest BCUT2D eigenvalue weighted by atomic mass is 14.6. The van der Waals surface area contributed by atoms with Crippen molar-refractivity contribution in [2.75, 3.05) is 0 Å². The molecule has 0 fully saturated rings. The number of hydrogen-bond donors (Lipinski definition) is 0. The van der Waals surface area contributed by atoms with Crippen LogP contribution < -0.4 is 0 Å². The van der Waals surface area contributed by atoms with Gasteiger partial charge in [0.15, 0.2) is 0 Å². The van der Waals surface area contributed by atoms with Gasteiger partial charge in [-0.15, -0.1) is 0 Å². The average Bonchev–Trinajstić information content (AvgIpc) is 2.98. The number of aromatic nitrogens is 1. The zero-order valence-corrected chi connectivity index (χ0v) is 21.6. The summed E-state index contributed by atoms with van der Waals surface area (Å²) < 4.78 is 0. The first-order valence-electron chi connectivity index (χ1n) is 13.2. The number of pyridine rings is 1. The van der Waals surface area contributed by atoms with Crippen molar-refractivity contribution in [3.05, 3.63) is 146 Å². The number of fused-ring (bicyclic) bond motifs is 3. The summed E-state index contributed by atoms with van der Waals surface area (Å²) in [6.07, 6.45) is 13.2. The first kappa shape index (κ1) is 23.6. The Hall–Kier alpha value is -4.75. The Bertz CT molecular complexity index is 1800. The minimum absolute atomic E-state index is 0.984. The van der Waals surface area contributed by atoms with Gasteiger partial charge < -0.3 is 0 Å². The summed E-state index contributed by atoms with van der Waals surface area (Å²) in [5.74, 6) is 0. The minimum Gasteiger partial charge on any atom is -0.265 e. The van der Waals surface area contributed by atoms with E-state index in [4.69, 9.17) is 0 Å². The molecule has 0 N–H and O–H groups in total. The molecular formula is C37H29N. The van der Waals surface area contributed by atoms with E-state index in [1.807, 2.05) is 18.5 Å². The molecule has 0 bridgehead atoms. The Labute approximate surface area is 224 Å².